The number of carbonyl (C=O) groups is 8. The van der Waals surface area contributed by atoms with E-state index >= 15 is 0 Å². The quantitative estimate of drug-likeness (QED) is 0.0252. The minimum Gasteiger partial charge on any atom is -0.355 e. The third-order valence-corrected chi connectivity index (χ3v) is 18.0. The van der Waals surface area contributed by atoms with Crippen LogP contribution < -0.4 is 65.5 Å². The number of nitrogens with two attached hydrogens (primary N) is 4. The molecule has 0 aromatic heterocycles. The first kappa shape index (κ1) is 101. The molecule has 45 heteroatoms. The van der Waals surface area contributed by atoms with Gasteiger partial charge in [0.1, 0.15) is 25.1 Å². The van der Waals surface area contributed by atoms with Crippen molar-refractivity contribution in [3.8, 4) is 0 Å². The van der Waals surface area contributed by atoms with Gasteiger partial charge in [0.05, 0.1) is 0 Å². The number of rotatable bonds is 62. The lowest BCUT2D eigenvalue weighted by Crippen LogP contribution is -2.42. The Balaban J connectivity index is -0.00000220. The maximum absolute atomic E-state index is 12.9. The molecule has 0 saturated heterocycles. The normalized spacial score (nSPS) is 12.0. The fourth-order valence-corrected chi connectivity index (χ4v) is 12.8. The van der Waals surface area contributed by atoms with Crippen LogP contribution in [0.1, 0.15) is 79.1 Å². The Kier molecular flexibility index (Phi) is 60.5. The van der Waals surface area contributed by atoms with Crippen LogP contribution in [0.3, 0.4) is 0 Å². The van der Waals surface area contributed by atoms with Gasteiger partial charge in [-0.15, -0.1) is 12.4 Å². The van der Waals surface area contributed by atoms with E-state index in [-0.39, 0.29) is 158 Å². The molecular formula is C56H125ClN20O20P4. The van der Waals surface area contributed by atoms with Crippen LogP contribution in [0.2, 0.25) is 0 Å². The van der Waals surface area contributed by atoms with Crippen LogP contribution in [0.25, 0.3) is 0 Å². The third kappa shape index (κ3) is 65.4. The van der Waals surface area contributed by atoms with Crippen LogP contribution in [-0.2, 0) is 56.6 Å². The van der Waals surface area contributed by atoms with Crippen molar-refractivity contribution in [1.29, 1.82) is 0 Å². The predicted molar refractivity (Wildman–Crippen MR) is 387 cm³/mol. The van der Waals surface area contributed by atoms with Crippen molar-refractivity contribution in [2.24, 2.45) is 22.9 Å². The minimum atomic E-state index is -4.69. The van der Waals surface area contributed by atoms with Gasteiger partial charge in [-0.2, -0.15) is 0 Å². The summed E-state index contributed by atoms with van der Waals surface area (Å²) in [5.74, 6) is -1.82. The molecule has 0 heterocycles. The zero-order valence-corrected chi connectivity index (χ0v) is 64.1. The molecule has 0 aromatic carbocycles. The highest BCUT2D eigenvalue weighted by Crippen LogP contribution is 2.41. The van der Waals surface area contributed by atoms with Gasteiger partial charge >= 0.3 is 30.4 Å². The summed E-state index contributed by atoms with van der Waals surface area (Å²) in [5.41, 5.74) is 21.7. The molecule has 0 aliphatic heterocycles. The molecule has 0 spiro atoms. The molecule has 0 bridgehead atoms. The molecule has 0 radical (unpaired) electrons. The first-order valence-electron chi connectivity index (χ1n) is 33.9. The molecule has 0 aliphatic carbocycles. The molecule has 0 aliphatic rings. The second-order valence-electron chi connectivity index (χ2n) is 23.4. The summed E-state index contributed by atoms with van der Waals surface area (Å²) in [5, 5.41) is 21.9. The molecule has 0 saturated carbocycles. The largest absolute Gasteiger partial charge is 0.355 e. The fourth-order valence-electron chi connectivity index (χ4n) is 9.45. The Bertz CT molecular complexity index is 2240. The van der Waals surface area contributed by atoms with Crippen LogP contribution in [0.15, 0.2) is 0 Å². The highest BCUT2D eigenvalue weighted by atomic mass is 35.5. The Morgan fingerprint density at radius 2 is 0.396 bits per heavy atom. The maximum atomic E-state index is 12.9. The number of nitrogens with one attached hydrogen (secondary N) is 8. The van der Waals surface area contributed by atoms with Gasteiger partial charge in [0.2, 0.25) is 47.3 Å². The van der Waals surface area contributed by atoms with E-state index in [2.05, 4.69) is 52.3 Å². The van der Waals surface area contributed by atoms with Crippen LogP contribution >= 0.6 is 42.8 Å². The molecule has 40 nitrogen and oxygen atoms in total. The lowest BCUT2D eigenvalue weighted by molar-refractivity contribution is -0.123. The molecule has 0 fully saturated rings. The van der Waals surface area contributed by atoms with Crippen LogP contribution in [-0.4, -0.2) is 360 Å². The van der Waals surface area contributed by atoms with E-state index in [1.165, 1.54) is 0 Å². The predicted octanol–water partition coefficient (Wildman–Crippen LogP) is -6.68. The number of hydrogen-bond donors (Lipinski definition) is 20. The topological polar surface area (TPSA) is 593 Å². The van der Waals surface area contributed by atoms with Crippen molar-refractivity contribution < 1.29 is 95.8 Å². The molecule has 8 amide bonds. The third-order valence-electron chi connectivity index (χ3n) is 14.9. The van der Waals surface area contributed by atoms with Crippen molar-refractivity contribution in [3.63, 3.8) is 0 Å². The SMILES string of the molecule is CCN(CC)CCNC(=O)CCN(CCC(=O)NCCN(CC)CC)CCN(CCC(=O)NCCN(CP(=O)(O)O)CP(=O)(O)O)CCC(=O)NCCN(CP(=O)(O)O)CP(=O)(O)O.Cl.NCCNC(=O)CCN(CCC(=O)NCCN)CCN(CCC(=O)NCCN)CCC(=O)NCCN. The smallest absolute Gasteiger partial charge is 0.339 e. The average Bonchev–Trinajstić information content (AvgIpc) is 0.904. The van der Waals surface area contributed by atoms with E-state index < -0.39 is 67.3 Å². The van der Waals surface area contributed by atoms with Gasteiger partial charge in [0.25, 0.3) is 0 Å². The molecule has 0 aromatic rings. The molecule has 24 N–H and O–H groups in total. The molecule has 0 unspecified atom stereocenters. The zero-order valence-electron chi connectivity index (χ0n) is 59.7. The molecule has 101 heavy (non-hydrogen) atoms. The second kappa shape index (κ2) is 60.3. The zero-order chi connectivity index (χ0) is 76.0. The van der Waals surface area contributed by atoms with Gasteiger partial charge < -0.3 is 134 Å². The van der Waals surface area contributed by atoms with E-state index in [4.69, 9.17) is 22.9 Å². The van der Waals surface area contributed by atoms with Crippen LogP contribution in [0.4, 0.5) is 0 Å². The van der Waals surface area contributed by atoms with Crippen molar-refractivity contribution in [2.75, 3.05) is 235 Å². The second-order valence-corrected chi connectivity index (χ2v) is 29.8. The van der Waals surface area contributed by atoms with Crippen LogP contribution in [0, 0.1) is 0 Å². The molecule has 0 atom stereocenters. The summed E-state index contributed by atoms with van der Waals surface area (Å²) in [6.45, 7) is 20.1. The summed E-state index contributed by atoms with van der Waals surface area (Å²) >= 11 is 0. The van der Waals surface area contributed by atoms with Crippen LogP contribution in [0.5, 0.6) is 0 Å². The first-order valence-corrected chi connectivity index (χ1v) is 41.1. The van der Waals surface area contributed by atoms with E-state index in [0.717, 1.165) is 36.0 Å². The summed E-state index contributed by atoms with van der Waals surface area (Å²) in [4.78, 5) is 188. The van der Waals surface area contributed by atoms with Gasteiger partial charge in [-0.3, -0.25) is 66.4 Å². The highest BCUT2D eigenvalue weighted by molar-refractivity contribution is 7.53. The van der Waals surface area contributed by atoms with Gasteiger partial charge in [-0.1, -0.05) is 27.7 Å². The van der Waals surface area contributed by atoms with E-state index in [0.29, 0.717) is 124 Å². The standard InChI is InChI=1S/C34H76N10O16P4.C22H48N10O4.ClH/c1-5-39(6-2)21-13-35-31(45)9-17-41(18-10-32(46)36-14-22-40(7-3)8-4)25-26-42(19-11-33(47)37-15-23-43(27-61(49,50)51)28-62(52,53)54)20-12-34(48)38-16-24-44(29-63(55,56)57)30-64(58,59)60;23-5-9-27-19(33)1-13-31(14-2-20(34)28-10-6-24)17-18-32(15-3-21(35)29-11-7-25)16-4-22(36)30-12-8-26;/h5-30H2,1-4H3,(H,35,45)(H,36,46)(H,37,47)(H,38,48)(H2,49,50,51)(H2,52,53,54)(H2,55,56,57)(H2,58,59,60);1-18,23-26H2,(H,27,33)(H,28,34)(H,29,35)(H,30,36);1H. The summed E-state index contributed by atoms with van der Waals surface area (Å²) in [6.07, 6.45) is -2.69. The first-order chi connectivity index (χ1) is 47.0. The number of nitrogens with zero attached hydrogens (tertiary/aromatic N) is 8. The van der Waals surface area contributed by atoms with Gasteiger partial charge in [0.15, 0.2) is 0 Å². The van der Waals surface area contributed by atoms with Gasteiger partial charge in [-0.25, -0.2) is 0 Å². The fraction of sp³-hybridized carbons (Fsp3) is 0.857. The van der Waals surface area contributed by atoms with Gasteiger partial charge in [0, 0.05) is 235 Å². The Hall–Kier alpha value is -3.83. The van der Waals surface area contributed by atoms with E-state index in [1.54, 1.807) is 4.90 Å². The Labute approximate surface area is 601 Å². The van der Waals surface area contributed by atoms with Crippen molar-refractivity contribution in [1.82, 2.24) is 81.7 Å². The Morgan fingerprint density at radius 1 is 0.248 bits per heavy atom. The summed E-state index contributed by atoms with van der Waals surface area (Å²) in [7, 11) is -18.8. The summed E-state index contributed by atoms with van der Waals surface area (Å²) < 4.78 is 46.0. The van der Waals surface area contributed by atoms with Crippen molar-refractivity contribution in [2.45, 2.75) is 79.1 Å². The maximum Gasteiger partial charge on any atom is 0.339 e. The summed E-state index contributed by atoms with van der Waals surface area (Å²) in [6, 6.07) is 0. The van der Waals surface area contributed by atoms with E-state index in [1.807, 2.05) is 42.4 Å². The minimum absolute atomic E-state index is 0. The highest BCUT2D eigenvalue weighted by Gasteiger charge is 2.28. The van der Waals surface area contributed by atoms with E-state index in [9.17, 15) is 95.8 Å². The number of amides is 8. The molecular weight excluding hydrogens is 1430 g/mol. The molecule has 596 valence electrons. The number of likely N-dealkylation sites (N-methyl/N-ethyl adjacent to an activating group) is 2. The van der Waals surface area contributed by atoms with Gasteiger partial charge in [-0.05, 0) is 26.2 Å². The number of carbonyl (C=O) groups excluding carboxylic acids is 8. The lowest BCUT2D eigenvalue weighted by Gasteiger charge is -2.28. The molecule has 0 rings (SSSR count). The lowest BCUT2D eigenvalue weighted by atomic mass is 10.2. The Morgan fingerprint density at radius 3 is 0.535 bits per heavy atom. The van der Waals surface area contributed by atoms with Crippen molar-refractivity contribution >= 4 is 90.0 Å². The number of hydrogen-bond acceptors (Lipinski definition) is 24. The average molecular weight is 1560 g/mol. The van der Waals surface area contributed by atoms with Crippen molar-refractivity contribution in [3.05, 3.63) is 0 Å². The monoisotopic (exact) mass is 1560 g/mol. The number of halogens is 1.